The Morgan fingerprint density at radius 1 is 1.28 bits per heavy atom. The van der Waals surface area contributed by atoms with Crippen LogP contribution in [-0.2, 0) is 13.6 Å². The van der Waals surface area contributed by atoms with Crippen molar-refractivity contribution < 1.29 is 4.74 Å². The Morgan fingerprint density at radius 3 is 2.80 bits per heavy atom. The maximum Gasteiger partial charge on any atom is 0.124 e. The molecule has 1 N–H and O–H groups in total. The van der Waals surface area contributed by atoms with Crippen molar-refractivity contribution in [2.24, 2.45) is 7.05 Å². The number of nitrogens with zero attached hydrogens (tertiary/aromatic N) is 3. The molecular formula is C20H28N4O. The maximum absolute atomic E-state index is 6.56. The van der Waals surface area contributed by atoms with Gasteiger partial charge in [0.25, 0.3) is 0 Å². The molecular weight excluding hydrogens is 312 g/mol. The molecule has 0 radical (unpaired) electrons. The van der Waals surface area contributed by atoms with E-state index in [2.05, 4.69) is 51.0 Å². The lowest BCUT2D eigenvalue weighted by molar-refractivity contribution is -0.0245. The third kappa shape index (κ3) is 3.31. The third-order valence-corrected chi connectivity index (χ3v) is 5.84. The van der Waals surface area contributed by atoms with Crippen molar-refractivity contribution in [1.29, 1.82) is 0 Å². The van der Waals surface area contributed by atoms with E-state index >= 15 is 0 Å². The highest BCUT2D eigenvalue weighted by molar-refractivity contribution is 5.39. The molecule has 2 aliphatic heterocycles. The first-order chi connectivity index (χ1) is 12.2. The predicted octanol–water partition coefficient (Wildman–Crippen LogP) is 2.89. The quantitative estimate of drug-likeness (QED) is 0.929. The highest BCUT2D eigenvalue weighted by atomic mass is 16.5. The van der Waals surface area contributed by atoms with E-state index in [0.29, 0.717) is 6.04 Å². The summed E-state index contributed by atoms with van der Waals surface area (Å²) in [6.07, 6.45) is 7.10. The number of hydrogen-bond acceptors (Lipinski definition) is 4. The summed E-state index contributed by atoms with van der Waals surface area (Å²) in [4.78, 5) is 6.96. The van der Waals surface area contributed by atoms with Gasteiger partial charge in [0.15, 0.2) is 0 Å². The summed E-state index contributed by atoms with van der Waals surface area (Å²) in [6.45, 7) is 6.41. The smallest absolute Gasteiger partial charge is 0.124 e. The highest BCUT2D eigenvalue weighted by Gasteiger charge is 2.42. The van der Waals surface area contributed by atoms with E-state index in [1.165, 1.54) is 5.56 Å². The summed E-state index contributed by atoms with van der Waals surface area (Å²) < 4.78 is 8.63. The number of piperidine rings is 1. The van der Waals surface area contributed by atoms with Gasteiger partial charge in [0.05, 0.1) is 6.54 Å². The van der Waals surface area contributed by atoms with Crippen LogP contribution in [0.1, 0.15) is 43.6 Å². The summed E-state index contributed by atoms with van der Waals surface area (Å²) in [5.74, 6) is 2.12. The Morgan fingerprint density at radius 2 is 2.08 bits per heavy atom. The van der Waals surface area contributed by atoms with Crippen LogP contribution >= 0.6 is 0 Å². The van der Waals surface area contributed by atoms with Crippen LogP contribution in [-0.4, -0.2) is 39.7 Å². The zero-order valence-corrected chi connectivity index (χ0v) is 15.2. The molecule has 1 fully saturated rings. The first-order valence-corrected chi connectivity index (χ1v) is 9.39. The second-order valence-corrected chi connectivity index (χ2v) is 7.35. The Hall–Kier alpha value is -1.85. The van der Waals surface area contributed by atoms with Gasteiger partial charge in [-0.3, -0.25) is 0 Å². The number of ether oxygens (including phenoxy) is 1. The van der Waals surface area contributed by atoms with E-state index in [1.54, 1.807) is 0 Å². The van der Waals surface area contributed by atoms with Crippen molar-refractivity contribution in [3.8, 4) is 5.75 Å². The zero-order chi connectivity index (χ0) is 17.3. The molecule has 4 rings (SSSR count). The van der Waals surface area contributed by atoms with Gasteiger partial charge >= 0.3 is 0 Å². The Labute approximate surface area is 150 Å². The van der Waals surface area contributed by atoms with Crippen LogP contribution in [0.5, 0.6) is 5.75 Å². The van der Waals surface area contributed by atoms with Crippen LogP contribution < -0.4 is 10.1 Å². The number of aromatic nitrogens is 2. The monoisotopic (exact) mass is 340 g/mol. The van der Waals surface area contributed by atoms with E-state index < -0.39 is 0 Å². The Kier molecular flexibility index (Phi) is 4.52. The fourth-order valence-corrected chi connectivity index (χ4v) is 4.16. The van der Waals surface area contributed by atoms with E-state index in [9.17, 15) is 0 Å². The second kappa shape index (κ2) is 6.81. The van der Waals surface area contributed by atoms with Gasteiger partial charge in [-0.25, -0.2) is 4.98 Å². The molecule has 0 saturated carbocycles. The highest BCUT2D eigenvalue weighted by Crippen LogP contribution is 2.44. The topological polar surface area (TPSA) is 42.3 Å². The molecule has 25 heavy (non-hydrogen) atoms. The van der Waals surface area contributed by atoms with Crippen molar-refractivity contribution in [2.45, 2.75) is 44.4 Å². The third-order valence-electron chi connectivity index (χ3n) is 5.84. The van der Waals surface area contributed by atoms with Gasteiger partial charge in [-0.2, -0.15) is 0 Å². The minimum Gasteiger partial charge on any atom is -0.487 e. The van der Waals surface area contributed by atoms with E-state index in [4.69, 9.17) is 4.74 Å². The summed E-state index contributed by atoms with van der Waals surface area (Å²) in [7, 11) is 2.05. The van der Waals surface area contributed by atoms with Crippen molar-refractivity contribution in [1.82, 2.24) is 19.8 Å². The van der Waals surface area contributed by atoms with Gasteiger partial charge in [0, 0.05) is 50.6 Å². The summed E-state index contributed by atoms with van der Waals surface area (Å²) in [5.41, 5.74) is 1.25. The van der Waals surface area contributed by atoms with Crippen LogP contribution in [0.4, 0.5) is 0 Å². The summed E-state index contributed by atoms with van der Waals surface area (Å²) in [5, 5.41) is 3.74. The predicted molar refractivity (Wildman–Crippen MR) is 98.6 cm³/mol. The maximum atomic E-state index is 6.56. The molecule has 134 valence electrons. The molecule has 1 aromatic carbocycles. The van der Waals surface area contributed by atoms with Gasteiger partial charge < -0.3 is 19.5 Å². The SMILES string of the molecule is CCN1CCC2(CC1)CC(NCc1nccn1C)c1ccccc1O2. The molecule has 1 aromatic heterocycles. The molecule has 1 saturated heterocycles. The standard InChI is InChI=1S/C20H28N4O/c1-3-24-11-8-20(9-12-24)14-17(16-6-4-5-7-18(16)25-20)22-15-19-21-10-13-23(19)2/h4-7,10,13,17,22H,3,8-9,11-12,14-15H2,1-2H3. The van der Waals surface area contributed by atoms with E-state index in [1.807, 2.05) is 19.4 Å². The normalized spacial score (nSPS) is 22.6. The molecule has 5 heteroatoms. The number of nitrogens with one attached hydrogen (secondary N) is 1. The first kappa shape index (κ1) is 16.6. The number of likely N-dealkylation sites (tertiary alicyclic amines) is 1. The van der Waals surface area contributed by atoms with Crippen LogP contribution in [0.15, 0.2) is 36.7 Å². The number of fused-ring (bicyclic) bond motifs is 1. The summed E-state index contributed by atoms with van der Waals surface area (Å²) >= 11 is 0. The molecule has 0 aliphatic carbocycles. The number of aryl methyl sites for hydroxylation is 1. The van der Waals surface area contributed by atoms with E-state index in [0.717, 1.165) is 57.0 Å². The number of hydrogen-bond donors (Lipinski definition) is 1. The summed E-state index contributed by atoms with van der Waals surface area (Å²) in [6, 6.07) is 8.82. The largest absolute Gasteiger partial charge is 0.487 e. The van der Waals surface area contributed by atoms with Gasteiger partial charge in [-0.1, -0.05) is 25.1 Å². The lowest BCUT2D eigenvalue weighted by Crippen LogP contribution is -2.51. The van der Waals surface area contributed by atoms with Crippen molar-refractivity contribution in [3.05, 3.63) is 48.0 Å². The van der Waals surface area contributed by atoms with Gasteiger partial charge in [0.2, 0.25) is 0 Å². The van der Waals surface area contributed by atoms with Crippen molar-refractivity contribution in [3.63, 3.8) is 0 Å². The fourth-order valence-electron chi connectivity index (χ4n) is 4.16. The van der Waals surface area contributed by atoms with E-state index in [-0.39, 0.29) is 5.60 Å². The number of rotatable bonds is 4. The van der Waals surface area contributed by atoms with Crippen LogP contribution in [0, 0.1) is 0 Å². The average Bonchev–Trinajstić information content (AvgIpc) is 3.05. The lowest BCUT2D eigenvalue weighted by Gasteiger charge is -2.47. The molecule has 1 spiro atoms. The van der Waals surface area contributed by atoms with Crippen molar-refractivity contribution >= 4 is 0 Å². The Bertz CT molecular complexity index is 718. The molecule has 0 bridgehead atoms. The van der Waals surface area contributed by atoms with Gasteiger partial charge in [-0.05, 0) is 25.5 Å². The average molecular weight is 340 g/mol. The zero-order valence-electron chi connectivity index (χ0n) is 15.2. The molecule has 5 nitrogen and oxygen atoms in total. The minimum absolute atomic E-state index is 0.0284. The molecule has 1 atom stereocenters. The van der Waals surface area contributed by atoms with Gasteiger partial charge in [0.1, 0.15) is 17.2 Å². The number of para-hydroxylation sites is 1. The Balaban J connectivity index is 1.54. The molecule has 2 aromatic rings. The molecule has 2 aliphatic rings. The fraction of sp³-hybridized carbons (Fsp3) is 0.550. The van der Waals surface area contributed by atoms with Gasteiger partial charge in [-0.15, -0.1) is 0 Å². The molecule has 1 unspecified atom stereocenters. The van der Waals surface area contributed by atoms with Crippen LogP contribution in [0.2, 0.25) is 0 Å². The molecule has 0 amide bonds. The number of imidazole rings is 1. The van der Waals surface area contributed by atoms with Crippen molar-refractivity contribution in [2.75, 3.05) is 19.6 Å². The second-order valence-electron chi connectivity index (χ2n) is 7.35. The van der Waals surface area contributed by atoms with Crippen LogP contribution in [0.3, 0.4) is 0 Å². The number of benzene rings is 1. The first-order valence-electron chi connectivity index (χ1n) is 9.39. The minimum atomic E-state index is -0.0284. The molecule has 3 heterocycles. The lowest BCUT2D eigenvalue weighted by atomic mass is 9.80. The van der Waals surface area contributed by atoms with Crippen LogP contribution in [0.25, 0.3) is 0 Å².